The Kier molecular flexibility index (Phi) is 6.60. The van der Waals surface area contributed by atoms with E-state index in [4.69, 9.17) is 4.18 Å². The van der Waals surface area contributed by atoms with Crippen molar-refractivity contribution in [1.29, 1.82) is 0 Å². The molecule has 1 atom stereocenters. The van der Waals surface area contributed by atoms with Crippen LogP contribution in [0.2, 0.25) is 0 Å². The van der Waals surface area contributed by atoms with Crippen LogP contribution >= 0.6 is 0 Å². The van der Waals surface area contributed by atoms with E-state index in [0.29, 0.717) is 35.4 Å². The van der Waals surface area contributed by atoms with E-state index in [-0.39, 0.29) is 24.6 Å². The highest BCUT2D eigenvalue weighted by Gasteiger charge is 2.39. The lowest BCUT2D eigenvalue weighted by molar-refractivity contribution is 0.0823. The summed E-state index contributed by atoms with van der Waals surface area (Å²) in [6.45, 7) is 1.73. The minimum Gasteiger partial charge on any atom is -0.358 e. The van der Waals surface area contributed by atoms with E-state index >= 15 is 0 Å². The molecule has 35 heavy (non-hydrogen) atoms. The Morgan fingerprint density at radius 3 is 2.46 bits per heavy atom. The highest BCUT2D eigenvalue weighted by molar-refractivity contribution is 7.92. The van der Waals surface area contributed by atoms with Gasteiger partial charge in [-0.25, -0.2) is 13.4 Å². The molecule has 0 saturated heterocycles. The van der Waals surface area contributed by atoms with Gasteiger partial charge in [-0.05, 0) is 29.7 Å². The third-order valence-corrected chi connectivity index (χ3v) is 6.96. The molecule has 0 spiro atoms. The standard InChI is InChI=1S/C24H27N3O6S2/c1-24(15-33-35(3,31)32)13-19-22(20(28)14-24)18(11-16-7-5-4-6-8-16)23(26-19)17-9-10-25-21(12-17)27-34(2,29)30/h4-10,12,26H,11,13-15H2,1-3H3,(H,25,27). The number of aromatic nitrogens is 2. The van der Waals surface area contributed by atoms with Gasteiger partial charge in [-0.2, -0.15) is 8.42 Å². The number of pyridine rings is 1. The summed E-state index contributed by atoms with van der Waals surface area (Å²) in [4.78, 5) is 20.9. The van der Waals surface area contributed by atoms with Gasteiger partial charge < -0.3 is 4.98 Å². The Labute approximate surface area is 205 Å². The number of rotatable bonds is 8. The van der Waals surface area contributed by atoms with E-state index in [9.17, 15) is 21.6 Å². The maximum atomic E-state index is 13.4. The summed E-state index contributed by atoms with van der Waals surface area (Å²) in [5, 5.41) is 0. The molecule has 3 aromatic rings. The molecule has 2 heterocycles. The van der Waals surface area contributed by atoms with Gasteiger partial charge in [0.05, 0.1) is 24.8 Å². The first-order valence-electron chi connectivity index (χ1n) is 10.9. The highest BCUT2D eigenvalue weighted by atomic mass is 32.2. The normalized spacial score (nSPS) is 18.3. The predicted octanol–water partition coefficient (Wildman–Crippen LogP) is 3.15. The van der Waals surface area contributed by atoms with Crippen molar-refractivity contribution in [3.8, 4) is 11.3 Å². The summed E-state index contributed by atoms with van der Waals surface area (Å²) in [6, 6.07) is 13.1. The van der Waals surface area contributed by atoms with E-state index in [2.05, 4.69) is 14.7 Å². The molecule has 9 nitrogen and oxygen atoms in total. The van der Waals surface area contributed by atoms with Crippen LogP contribution in [0.5, 0.6) is 0 Å². The minimum atomic E-state index is -3.65. The van der Waals surface area contributed by atoms with E-state index in [0.717, 1.165) is 23.6 Å². The van der Waals surface area contributed by atoms with Gasteiger partial charge in [0.1, 0.15) is 5.82 Å². The fourth-order valence-corrected chi connectivity index (χ4v) is 5.43. The molecule has 1 aromatic carbocycles. The quantitative estimate of drug-likeness (QED) is 0.438. The van der Waals surface area contributed by atoms with Crippen molar-refractivity contribution in [2.45, 2.75) is 26.2 Å². The second-order valence-electron chi connectivity index (χ2n) is 9.35. The van der Waals surface area contributed by atoms with Gasteiger partial charge in [0.2, 0.25) is 10.0 Å². The zero-order chi connectivity index (χ0) is 25.4. The number of anilines is 1. The lowest BCUT2D eigenvalue weighted by atomic mass is 9.74. The summed E-state index contributed by atoms with van der Waals surface area (Å²) in [5.74, 6) is 0.0729. The molecule has 186 valence electrons. The molecule has 4 rings (SSSR count). The van der Waals surface area contributed by atoms with E-state index < -0.39 is 25.6 Å². The first-order chi connectivity index (χ1) is 16.3. The van der Waals surface area contributed by atoms with Crippen molar-refractivity contribution in [1.82, 2.24) is 9.97 Å². The topological polar surface area (TPSA) is 135 Å². The second-order valence-corrected chi connectivity index (χ2v) is 12.7. The summed E-state index contributed by atoms with van der Waals surface area (Å²) in [6.07, 6.45) is 4.59. The summed E-state index contributed by atoms with van der Waals surface area (Å²) in [7, 11) is -7.17. The smallest absolute Gasteiger partial charge is 0.264 e. The summed E-state index contributed by atoms with van der Waals surface area (Å²) in [5.41, 5.74) is 3.79. The van der Waals surface area contributed by atoms with Gasteiger partial charge in [0.15, 0.2) is 5.78 Å². The van der Waals surface area contributed by atoms with Crippen molar-refractivity contribution in [3.05, 3.63) is 71.0 Å². The van der Waals surface area contributed by atoms with Crippen LogP contribution < -0.4 is 4.72 Å². The van der Waals surface area contributed by atoms with Gasteiger partial charge in [-0.15, -0.1) is 0 Å². The molecule has 1 unspecified atom stereocenters. The third kappa shape index (κ3) is 6.16. The molecule has 0 amide bonds. The largest absolute Gasteiger partial charge is 0.358 e. The molecule has 1 aliphatic rings. The number of fused-ring (bicyclic) bond motifs is 1. The van der Waals surface area contributed by atoms with Crippen LogP contribution in [-0.4, -0.2) is 51.7 Å². The molecule has 0 saturated carbocycles. The van der Waals surface area contributed by atoms with Crippen LogP contribution in [0.25, 0.3) is 11.3 Å². The number of carbonyl (C=O) groups is 1. The SMILES string of the molecule is CC1(COS(C)(=O)=O)CC(=O)c2c([nH]c(-c3ccnc(NS(C)(=O)=O)c3)c2Cc2ccccc2)C1. The van der Waals surface area contributed by atoms with Crippen molar-refractivity contribution >= 4 is 31.7 Å². The van der Waals surface area contributed by atoms with Gasteiger partial charge in [0.25, 0.3) is 10.1 Å². The van der Waals surface area contributed by atoms with Crippen LogP contribution in [0.4, 0.5) is 5.82 Å². The monoisotopic (exact) mass is 517 g/mol. The molecule has 11 heteroatoms. The summed E-state index contributed by atoms with van der Waals surface area (Å²) >= 11 is 0. The molecule has 2 N–H and O–H groups in total. The maximum Gasteiger partial charge on any atom is 0.264 e. The molecule has 0 aliphatic heterocycles. The van der Waals surface area contributed by atoms with Crippen molar-refractivity contribution < 1.29 is 25.8 Å². The molecule has 1 aliphatic carbocycles. The number of carbonyl (C=O) groups excluding carboxylic acids is 1. The van der Waals surface area contributed by atoms with E-state index in [1.54, 1.807) is 12.1 Å². The molecule has 0 fully saturated rings. The second kappa shape index (κ2) is 9.21. The number of aromatic amines is 1. The predicted molar refractivity (Wildman–Crippen MR) is 133 cm³/mol. The van der Waals surface area contributed by atoms with Gasteiger partial charge in [-0.3, -0.25) is 13.7 Å². The first kappa shape index (κ1) is 25.1. The zero-order valence-corrected chi connectivity index (χ0v) is 21.3. The first-order valence-corrected chi connectivity index (χ1v) is 14.6. The lowest BCUT2D eigenvalue weighted by Crippen LogP contribution is -2.34. The van der Waals surface area contributed by atoms with E-state index in [1.165, 1.54) is 6.20 Å². The van der Waals surface area contributed by atoms with Crippen LogP contribution in [0, 0.1) is 5.41 Å². The van der Waals surface area contributed by atoms with Crippen LogP contribution in [0.1, 0.15) is 40.5 Å². The number of hydrogen-bond donors (Lipinski definition) is 2. The van der Waals surface area contributed by atoms with Crippen molar-refractivity contribution in [3.63, 3.8) is 0 Å². The van der Waals surface area contributed by atoms with Crippen LogP contribution in [0.15, 0.2) is 48.7 Å². The number of nitrogens with zero attached hydrogens (tertiary/aromatic N) is 1. The minimum absolute atomic E-state index is 0.0946. The van der Waals surface area contributed by atoms with Crippen LogP contribution in [0.3, 0.4) is 0 Å². The van der Waals surface area contributed by atoms with Gasteiger partial charge >= 0.3 is 0 Å². The Morgan fingerprint density at radius 2 is 1.80 bits per heavy atom. The van der Waals surface area contributed by atoms with Gasteiger partial charge in [0, 0.05) is 41.3 Å². The molecular weight excluding hydrogens is 490 g/mol. The lowest BCUT2D eigenvalue weighted by Gasteiger charge is -2.32. The Hall–Kier alpha value is -3.02. The molecule has 0 radical (unpaired) electrons. The number of ketones is 1. The number of sulfonamides is 1. The van der Waals surface area contributed by atoms with Gasteiger partial charge in [-0.1, -0.05) is 37.3 Å². The van der Waals surface area contributed by atoms with Crippen LogP contribution in [-0.2, 0) is 37.2 Å². The average Bonchev–Trinajstić information content (AvgIpc) is 3.10. The Bertz CT molecular complexity index is 1480. The number of Topliss-reactive ketones (excluding diaryl/α,β-unsaturated/α-hetero) is 1. The average molecular weight is 518 g/mol. The fourth-order valence-electron chi connectivity index (χ4n) is 4.44. The number of nitrogens with one attached hydrogen (secondary N) is 2. The highest BCUT2D eigenvalue weighted by Crippen LogP contribution is 2.41. The third-order valence-electron chi connectivity index (χ3n) is 5.83. The maximum absolute atomic E-state index is 13.4. The molecule has 0 bridgehead atoms. The number of hydrogen-bond acceptors (Lipinski definition) is 7. The number of H-pyrrole nitrogens is 1. The zero-order valence-electron chi connectivity index (χ0n) is 19.7. The van der Waals surface area contributed by atoms with Crippen molar-refractivity contribution in [2.24, 2.45) is 5.41 Å². The Balaban J connectivity index is 1.80. The molecule has 2 aromatic heterocycles. The Morgan fingerprint density at radius 1 is 1.09 bits per heavy atom. The fraction of sp³-hybridized carbons (Fsp3) is 0.333. The van der Waals surface area contributed by atoms with E-state index in [1.807, 2.05) is 37.3 Å². The summed E-state index contributed by atoms with van der Waals surface area (Å²) < 4.78 is 53.9. The van der Waals surface area contributed by atoms with Crippen molar-refractivity contribution in [2.75, 3.05) is 23.8 Å². The molecular formula is C24H27N3O6S2. The number of benzene rings is 1.